The van der Waals surface area contributed by atoms with Gasteiger partial charge in [-0.2, -0.15) is 0 Å². The van der Waals surface area contributed by atoms with Crippen LogP contribution in [0.25, 0.3) is 28.0 Å². The minimum absolute atomic E-state index is 0.155. The van der Waals surface area contributed by atoms with Crippen LogP contribution in [-0.4, -0.2) is 33.7 Å². The Kier molecular flexibility index (Phi) is 4.57. The van der Waals surface area contributed by atoms with E-state index in [1.807, 2.05) is 50.4 Å². The summed E-state index contributed by atoms with van der Waals surface area (Å²) in [4.78, 5) is 4.56. The molecule has 0 saturated carbocycles. The normalized spacial score (nSPS) is 15.3. The summed E-state index contributed by atoms with van der Waals surface area (Å²) in [6, 6.07) is 20.4. The molecule has 4 aromatic rings. The van der Waals surface area contributed by atoms with Crippen LogP contribution in [0.4, 0.5) is 0 Å². The first-order chi connectivity index (χ1) is 14.5. The van der Waals surface area contributed by atoms with E-state index in [2.05, 4.69) is 51.2 Å². The first kappa shape index (κ1) is 18.9. The number of nitrogens with one attached hydrogen (secondary N) is 1. The molecule has 1 aliphatic rings. The molecule has 2 aromatic carbocycles. The van der Waals surface area contributed by atoms with Gasteiger partial charge in [0.05, 0.1) is 18.0 Å². The van der Waals surface area contributed by atoms with Gasteiger partial charge < -0.3 is 15.2 Å². The van der Waals surface area contributed by atoms with Crippen LogP contribution < -0.4 is 10.1 Å². The van der Waals surface area contributed by atoms with E-state index in [4.69, 9.17) is 4.74 Å². The van der Waals surface area contributed by atoms with E-state index in [-0.39, 0.29) is 6.10 Å². The number of pyridine rings is 1. The number of fused-ring (bicyclic) bond motifs is 1. The predicted octanol–water partition coefficient (Wildman–Crippen LogP) is 4.25. The van der Waals surface area contributed by atoms with Crippen molar-refractivity contribution in [1.82, 2.24) is 14.7 Å². The molecule has 1 saturated heterocycles. The van der Waals surface area contributed by atoms with E-state index in [1.54, 1.807) is 0 Å². The minimum Gasteiger partial charge on any atom is -0.491 e. The SMILES string of the molecule is CC(C)Oc1ccc(-c2cnc3ccc(-c4ccc(C5(O)CNC5)cc4)cn23)cc1. The van der Waals surface area contributed by atoms with Gasteiger partial charge in [-0.25, -0.2) is 4.98 Å². The van der Waals surface area contributed by atoms with E-state index >= 15 is 0 Å². The molecule has 5 nitrogen and oxygen atoms in total. The van der Waals surface area contributed by atoms with Crippen molar-refractivity contribution in [2.75, 3.05) is 13.1 Å². The molecule has 1 fully saturated rings. The second-order valence-corrected chi connectivity index (χ2v) is 8.19. The Labute approximate surface area is 176 Å². The fourth-order valence-electron chi connectivity index (χ4n) is 3.88. The van der Waals surface area contributed by atoms with Gasteiger partial charge in [0, 0.05) is 24.8 Å². The van der Waals surface area contributed by atoms with Crippen molar-refractivity contribution < 1.29 is 9.84 Å². The number of nitrogens with zero attached hydrogens (tertiary/aromatic N) is 2. The van der Waals surface area contributed by atoms with Gasteiger partial charge in [0.25, 0.3) is 0 Å². The van der Waals surface area contributed by atoms with Crippen LogP contribution in [0, 0.1) is 0 Å². The van der Waals surface area contributed by atoms with Gasteiger partial charge in [0.15, 0.2) is 0 Å². The number of aromatic nitrogens is 2. The van der Waals surface area contributed by atoms with E-state index in [9.17, 15) is 5.11 Å². The summed E-state index contributed by atoms with van der Waals surface area (Å²) in [6.07, 6.45) is 4.17. The maximum Gasteiger partial charge on any atom is 0.137 e. The molecular weight excluding hydrogens is 374 g/mol. The summed E-state index contributed by atoms with van der Waals surface area (Å²) in [6.45, 7) is 5.27. The molecule has 0 amide bonds. The Morgan fingerprint density at radius 1 is 0.933 bits per heavy atom. The zero-order valence-corrected chi connectivity index (χ0v) is 17.2. The number of hydrogen-bond acceptors (Lipinski definition) is 4. The van der Waals surface area contributed by atoms with Gasteiger partial charge in [-0.1, -0.05) is 24.3 Å². The standard InChI is InChI=1S/C25H25N3O2/c1-17(2)30-22-10-5-19(6-11-22)23-13-27-24-12-7-20(14-28(23)24)18-3-8-21(9-4-18)25(29)15-26-16-25/h3-14,17,26,29H,15-16H2,1-2H3. The Hall–Kier alpha value is -3.15. The smallest absolute Gasteiger partial charge is 0.137 e. The quantitative estimate of drug-likeness (QED) is 0.527. The van der Waals surface area contributed by atoms with E-state index in [1.165, 1.54) is 0 Å². The van der Waals surface area contributed by atoms with Crippen molar-refractivity contribution in [1.29, 1.82) is 0 Å². The van der Waals surface area contributed by atoms with Crippen LogP contribution in [-0.2, 0) is 5.60 Å². The van der Waals surface area contributed by atoms with Crippen molar-refractivity contribution in [3.05, 3.63) is 78.6 Å². The summed E-state index contributed by atoms with van der Waals surface area (Å²) in [7, 11) is 0. The molecule has 0 aliphatic carbocycles. The molecule has 0 radical (unpaired) electrons. The van der Waals surface area contributed by atoms with Crippen LogP contribution in [0.1, 0.15) is 19.4 Å². The Morgan fingerprint density at radius 2 is 1.60 bits per heavy atom. The molecule has 30 heavy (non-hydrogen) atoms. The molecule has 0 unspecified atom stereocenters. The number of aliphatic hydroxyl groups is 1. The Balaban J connectivity index is 1.47. The number of imidazole rings is 1. The highest BCUT2D eigenvalue weighted by Crippen LogP contribution is 2.30. The lowest BCUT2D eigenvalue weighted by molar-refractivity contribution is -0.0146. The summed E-state index contributed by atoms with van der Waals surface area (Å²) in [5, 5.41) is 13.6. The lowest BCUT2D eigenvalue weighted by Crippen LogP contribution is -2.56. The van der Waals surface area contributed by atoms with Gasteiger partial charge in [0.2, 0.25) is 0 Å². The molecule has 0 atom stereocenters. The third kappa shape index (κ3) is 3.36. The number of benzene rings is 2. The lowest BCUT2D eigenvalue weighted by Gasteiger charge is -2.38. The number of rotatable bonds is 5. The van der Waals surface area contributed by atoms with Crippen molar-refractivity contribution in [3.8, 4) is 28.1 Å². The van der Waals surface area contributed by atoms with Gasteiger partial charge >= 0.3 is 0 Å². The van der Waals surface area contributed by atoms with Gasteiger partial charge in [-0.05, 0) is 66.9 Å². The minimum atomic E-state index is -0.731. The van der Waals surface area contributed by atoms with Crippen LogP contribution in [0.15, 0.2) is 73.1 Å². The predicted molar refractivity (Wildman–Crippen MR) is 119 cm³/mol. The van der Waals surface area contributed by atoms with Crippen molar-refractivity contribution in [2.45, 2.75) is 25.6 Å². The van der Waals surface area contributed by atoms with Crippen LogP contribution in [0.5, 0.6) is 5.75 Å². The zero-order chi connectivity index (χ0) is 20.7. The fourth-order valence-corrected chi connectivity index (χ4v) is 3.88. The highest BCUT2D eigenvalue weighted by molar-refractivity contribution is 5.69. The maximum absolute atomic E-state index is 10.5. The molecule has 5 rings (SSSR count). The maximum atomic E-state index is 10.5. The van der Waals surface area contributed by atoms with Gasteiger partial charge in [-0.15, -0.1) is 0 Å². The molecule has 152 valence electrons. The van der Waals surface area contributed by atoms with E-state index < -0.39 is 5.60 Å². The van der Waals surface area contributed by atoms with Gasteiger partial charge in [-0.3, -0.25) is 4.40 Å². The van der Waals surface area contributed by atoms with Crippen LogP contribution >= 0.6 is 0 Å². The largest absolute Gasteiger partial charge is 0.491 e. The first-order valence-corrected chi connectivity index (χ1v) is 10.3. The summed E-state index contributed by atoms with van der Waals surface area (Å²) >= 11 is 0. The molecule has 0 spiro atoms. The highest BCUT2D eigenvalue weighted by atomic mass is 16.5. The van der Waals surface area contributed by atoms with Crippen molar-refractivity contribution in [3.63, 3.8) is 0 Å². The van der Waals surface area contributed by atoms with E-state index in [0.717, 1.165) is 39.3 Å². The van der Waals surface area contributed by atoms with Crippen molar-refractivity contribution >= 4 is 5.65 Å². The molecule has 3 heterocycles. The second-order valence-electron chi connectivity index (χ2n) is 8.19. The average molecular weight is 399 g/mol. The molecule has 1 aliphatic heterocycles. The topological polar surface area (TPSA) is 58.8 Å². The lowest BCUT2D eigenvalue weighted by atomic mass is 9.87. The Morgan fingerprint density at radius 3 is 2.23 bits per heavy atom. The second kappa shape index (κ2) is 7.27. The number of ether oxygens (including phenoxy) is 1. The third-order valence-corrected chi connectivity index (χ3v) is 5.62. The summed E-state index contributed by atoms with van der Waals surface area (Å²) in [5.41, 5.74) is 5.47. The fraction of sp³-hybridized carbons (Fsp3) is 0.240. The van der Waals surface area contributed by atoms with Gasteiger partial charge in [0.1, 0.15) is 17.0 Å². The molecule has 2 aromatic heterocycles. The molecular formula is C25H25N3O2. The average Bonchev–Trinajstić information content (AvgIpc) is 3.15. The van der Waals surface area contributed by atoms with Crippen LogP contribution in [0.3, 0.4) is 0 Å². The monoisotopic (exact) mass is 399 g/mol. The molecule has 5 heteroatoms. The molecule has 0 bridgehead atoms. The first-order valence-electron chi connectivity index (χ1n) is 10.3. The molecule has 2 N–H and O–H groups in total. The summed E-state index contributed by atoms with van der Waals surface area (Å²) in [5.74, 6) is 0.867. The Bertz CT molecular complexity index is 1170. The number of β-amino-alcohol motifs (C(OH)–C–C–N with tert-alkyl or cyclic N) is 1. The van der Waals surface area contributed by atoms with Crippen molar-refractivity contribution in [2.24, 2.45) is 0 Å². The zero-order valence-electron chi connectivity index (χ0n) is 17.2. The van der Waals surface area contributed by atoms with E-state index in [0.29, 0.717) is 13.1 Å². The summed E-state index contributed by atoms with van der Waals surface area (Å²) < 4.78 is 7.87. The third-order valence-electron chi connectivity index (χ3n) is 5.62. The highest BCUT2D eigenvalue weighted by Gasteiger charge is 2.35. The number of hydrogen-bond donors (Lipinski definition) is 2. The van der Waals surface area contributed by atoms with Crippen LogP contribution in [0.2, 0.25) is 0 Å².